The number of rotatable bonds is 6. The molecule has 0 heterocycles. The van der Waals surface area contributed by atoms with Gasteiger partial charge in [0.15, 0.2) is 0 Å². The molecule has 0 aliphatic rings. The minimum Gasteiger partial charge on any atom is -0.469 e. The Morgan fingerprint density at radius 1 is 1.14 bits per heavy atom. The normalized spacial score (nSPS) is 12.4. The van der Waals surface area contributed by atoms with E-state index in [-0.39, 0.29) is 12.0 Å². The predicted molar refractivity (Wildman–Crippen MR) is 96.5 cm³/mol. The molecule has 9 heteroatoms. The molecule has 0 radical (unpaired) electrons. The minimum atomic E-state index is -4.93. The number of carbonyl (C=O) groups is 2. The van der Waals surface area contributed by atoms with E-state index in [2.05, 4.69) is 10.1 Å². The summed E-state index contributed by atoms with van der Waals surface area (Å²) >= 11 is 1.50. The highest BCUT2D eigenvalue weighted by Crippen LogP contribution is 2.32. The van der Waals surface area contributed by atoms with Crippen molar-refractivity contribution >= 4 is 23.6 Å². The van der Waals surface area contributed by atoms with E-state index in [1.54, 1.807) is 24.3 Å². The second kappa shape index (κ2) is 9.09. The Morgan fingerprint density at radius 3 is 2.32 bits per heavy atom. The number of esters is 1. The van der Waals surface area contributed by atoms with Gasteiger partial charge in [0.25, 0.3) is 5.91 Å². The zero-order valence-corrected chi connectivity index (χ0v) is 15.8. The standard InChI is InChI=1S/C19H17F4NO3S/c1-27-17(25)10-16(11-3-6-13(28-2)7-4-11)24-18(26)12-5-8-15(20)14(9-12)19(21,22)23/h3-9,16H,10H2,1-2H3,(H,24,26). The third-order valence-electron chi connectivity index (χ3n) is 3.96. The Balaban J connectivity index is 2.30. The number of thioether (sulfide) groups is 1. The molecule has 2 aromatic rings. The van der Waals surface area contributed by atoms with Gasteiger partial charge in [0.1, 0.15) is 5.82 Å². The number of methoxy groups -OCH3 is 1. The van der Waals surface area contributed by atoms with Gasteiger partial charge in [0, 0.05) is 10.5 Å². The van der Waals surface area contributed by atoms with Crippen LogP contribution in [0.5, 0.6) is 0 Å². The number of hydrogen-bond donors (Lipinski definition) is 1. The molecular weight excluding hydrogens is 398 g/mol. The van der Waals surface area contributed by atoms with Crippen LogP contribution in [0.3, 0.4) is 0 Å². The van der Waals surface area contributed by atoms with E-state index in [0.717, 1.165) is 11.0 Å². The number of hydrogen-bond acceptors (Lipinski definition) is 4. The van der Waals surface area contributed by atoms with Crippen molar-refractivity contribution in [1.29, 1.82) is 0 Å². The number of alkyl halides is 3. The first-order valence-corrected chi connectivity index (χ1v) is 9.26. The van der Waals surface area contributed by atoms with Gasteiger partial charge in [-0.15, -0.1) is 11.8 Å². The highest BCUT2D eigenvalue weighted by molar-refractivity contribution is 7.98. The van der Waals surface area contributed by atoms with E-state index in [9.17, 15) is 27.2 Å². The summed E-state index contributed by atoms with van der Waals surface area (Å²) in [6.45, 7) is 0. The van der Waals surface area contributed by atoms with Crippen LogP contribution in [-0.2, 0) is 15.7 Å². The molecule has 1 N–H and O–H groups in total. The minimum absolute atomic E-state index is 0.214. The summed E-state index contributed by atoms with van der Waals surface area (Å²) < 4.78 is 56.7. The molecule has 150 valence electrons. The average molecular weight is 415 g/mol. The van der Waals surface area contributed by atoms with Crippen molar-refractivity contribution in [3.05, 3.63) is 65.0 Å². The summed E-state index contributed by atoms with van der Waals surface area (Å²) in [7, 11) is 1.19. The molecule has 2 aromatic carbocycles. The van der Waals surface area contributed by atoms with Gasteiger partial charge in [0.05, 0.1) is 25.1 Å². The number of benzene rings is 2. The fraction of sp³-hybridized carbons (Fsp3) is 0.263. The number of halogens is 4. The summed E-state index contributed by atoms with van der Waals surface area (Å²) in [6.07, 6.45) is -3.26. The molecule has 0 spiro atoms. The molecule has 1 unspecified atom stereocenters. The van der Waals surface area contributed by atoms with Gasteiger partial charge >= 0.3 is 12.1 Å². The molecule has 0 saturated carbocycles. The second-order valence-corrected chi connectivity index (χ2v) is 6.65. The quantitative estimate of drug-likeness (QED) is 0.426. The highest BCUT2D eigenvalue weighted by Gasteiger charge is 2.35. The Kier molecular flexibility index (Phi) is 7.06. The Labute approximate surface area is 163 Å². The lowest BCUT2D eigenvalue weighted by atomic mass is 10.0. The van der Waals surface area contributed by atoms with E-state index in [4.69, 9.17) is 0 Å². The molecule has 0 bridgehead atoms. The van der Waals surface area contributed by atoms with Crippen LogP contribution in [-0.4, -0.2) is 25.2 Å². The summed E-state index contributed by atoms with van der Waals surface area (Å²) in [6, 6.07) is 8.13. The van der Waals surface area contributed by atoms with Crippen LogP contribution in [0.1, 0.15) is 33.9 Å². The fourth-order valence-electron chi connectivity index (χ4n) is 2.46. The number of ether oxygens (including phenoxy) is 1. The van der Waals surface area contributed by atoms with Crippen LogP contribution in [0.2, 0.25) is 0 Å². The monoisotopic (exact) mass is 415 g/mol. The maximum absolute atomic E-state index is 13.4. The highest BCUT2D eigenvalue weighted by atomic mass is 32.2. The number of nitrogens with one attached hydrogen (secondary N) is 1. The lowest BCUT2D eigenvalue weighted by Gasteiger charge is -2.19. The zero-order valence-electron chi connectivity index (χ0n) is 15.0. The van der Waals surface area contributed by atoms with Gasteiger partial charge in [0.2, 0.25) is 0 Å². The van der Waals surface area contributed by atoms with Crippen LogP contribution in [0.4, 0.5) is 17.6 Å². The average Bonchev–Trinajstić information content (AvgIpc) is 2.66. The first-order valence-electron chi connectivity index (χ1n) is 8.04. The van der Waals surface area contributed by atoms with Crippen LogP contribution in [0.15, 0.2) is 47.4 Å². The van der Waals surface area contributed by atoms with E-state index in [1.165, 1.54) is 18.9 Å². The molecule has 0 aliphatic carbocycles. The zero-order chi connectivity index (χ0) is 20.9. The number of carbonyl (C=O) groups excluding carboxylic acids is 2. The molecule has 1 amide bonds. The van der Waals surface area contributed by atoms with Gasteiger partial charge < -0.3 is 10.1 Å². The van der Waals surface area contributed by atoms with Crippen molar-refractivity contribution in [2.24, 2.45) is 0 Å². The van der Waals surface area contributed by atoms with Crippen molar-refractivity contribution in [2.45, 2.75) is 23.5 Å². The topological polar surface area (TPSA) is 55.4 Å². The third kappa shape index (κ3) is 5.48. The van der Waals surface area contributed by atoms with E-state index < -0.39 is 35.5 Å². The Morgan fingerprint density at radius 2 is 1.79 bits per heavy atom. The molecule has 4 nitrogen and oxygen atoms in total. The molecule has 1 atom stereocenters. The molecule has 0 aromatic heterocycles. The van der Waals surface area contributed by atoms with Crippen molar-refractivity contribution in [1.82, 2.24) is 5.32 Å². The summed E-state index contributed by atoms with van der Waals surface area (Å²) in [5, 5.41) is 2.51. The summed E-state index contributed by atoms with van der Waals surface area (Å²) in [5.74, 6) is -2.94. The Hall–Kier alpha value is -2.55. The van der Waals surface area contributed by atoms with Gasteiger partial charge in [-0.2, -0.15) is 13.2 Å². The van der Waals surface area contributed by atoms with Crippen LogP contribution < -0.4 is 5.32 Å². The molecule has 0 aliphatic heterocycles. The van der Waals surface area contributed by atoms with Crippen molar-refractivity contribution in [3.8, 4) is 0 Å². The molecule has 0 fully saturated rings. The Bertz CT molecular complexity index is 853. The maximum Gasteiger partial charge on any atom is 0.419 e. The van der Waals surface area contributed by atoms with Gasteiger partial charge in [-0.05, 0) is 42.2 Å². The summed E-state index contributed by atoms with van der Waals surface area (Å²) in [4.78, 5) is 25.1. The van der Waals surface area contributed by atoms with E-state index in [1.807, 2.05) is 6.26 Å². The molecule has 0 saturated heterocycles. The van der Waals surface area contributed by atoms with Gasteiger partial charge in [-0.1, -0.05) is 12.1 Å². The van der Waals surface area contributed by atoms with E-state index >= 15 is 0 Å². The predicted octanol–water partition coefficient (Wildman–Crippen LogP) is 4.60. The smallest absolute Gasteiger partial charge is 0.419 e. The van der Waals surface area contributed by atoms with Crippen LogP contribution >= 0.6 is 11.8 Å². The first-order chi connectivity index (χ1) is 13.2. The SMILES string of the molecule is COC(=O)CC(NC(=O)c1ccc(F)c(C(F)(F)F)c1)c1ccc(SC)cc1. The molecule has 2 rings (SSSR count). The molecular formula is C19H17F4NO3S. The van der Waals surface area contributed by atoms with Crippen molar-refractivity contribution in [2.75, 3.05) is 13.4 Å². The van der Waals surface area contributed by atoms with Crippen LogP contribution in [0, 0.1) is 5.82 Å². The van der Waals surface area contributed by atoms with E-state index in [0.29, 0.717) is 17.7 Å². The second-order valence-electron chi connectivity index (χ2n) is 5.77. The lowest BCUT2D eigenvalue weighted by molar-refractivity contribution is -0.141. The van der Waals surface area contributed by atoms with Crippen LogP contribution in [0.25, 0.3) is 0 Å². The third-order valence-corrected chi connectivity index (χ3v) is 4.70. The van der Waals surface area contributed by atoms with Crippen molar-refractivity contribution < 1.29 is 31.9 Å². The number of amides is 1. The first kappa shape index (κ1) is 21.7. The maximum atomic E-state index is 13.4. The lowest BCUT2D eigenvalue weighted by Crippen LogP contribution is -2.30. The largest absolute Gasteiger partial charge is 0.469 e. The van der Waals surface area contributed by atoms with Gasteiger partial charge in [-0.25, -0.2) is 4.39 Å². The molecule has 28 heavy (non-hydrogen) atoms. The van der Waals surface area contributed by atoms with Crippen molar-refractivity contribution in [3.63, 3.8) is 0 Å². The van der Waals surface area contributed by atoms with Gasteiger partial charge in [-0.3, -0.25) is 9.59 Å². The fourth-order valence-corrected chi connectivity index (χ4v) is 2.87. The summed E-state index contributed by atoms with van der Waals surface area (Å²) in [5.41, 5.74) is -1.33.